The van der Waals surface area contributed by atoms with Gasteiger partial charge in [-0.15, -0.1) is 0 Å². The molecule has 0 unspecified atom stereocenters. The van der Waals surface area contributed by atoms with E-state index in [0.717, 1.165) is 6.42 Å². The van der Waals surface area contributed by atoms with E-state index >= 15 is 0 Å². The Labute approximate surface area is 102 Å². The van der Waals surface area contributed by atoms with Gasteiger partial charge < -0.3 is 15.2 Å². The normalized spacial score (nSPS) is 17.4. The topological polar surface area (TPSA) is 75.6 Å². The summed E-state index contributed by atoms with van der Waals surface area (Å²) in [7, 11) is 0. The van der Waals surface area contributed by atoms with Crippen LogP contribution in [0.4, 0.5) is 4.79 Å². The monoisotopic (exact) mass is 243 g/mol. The lowest BCUT2D eigenvalue weighted by atomic mass is 10.1. The van der Waals surface area contributed by atoms with Gasteiger partial charge in [0.1, 0.15) is 11.6 Å². The zero-order valence-corrected chi connectivity index (χ0v) is 10.7. The third-order valence-electron chi connectivity index (χ3n) is 2.55. The SMILES string of the molecule is CC(C)(C)OC(=O)N[C@@H](CCC1CC1)C(=O)O. The summed E-state index contributed by atoms with van der Waals surface area (Å²) in [5, 5.41) is 11.4. The third-order valence-corrected chi connectivity index (χ3v) is 2.55. The highest BCUT2D eigenvalue weighted by molar-refractivity contribution is 5.79. The molecule has 1 saturated carbocycles. The van der Waals surface area contributed by atoms with Crippen molar-refractivity contribution in [1.29, 1.82) is 0 Å². The van der Waals surface area contributed by atoms with Crippen LogP contribution in [0.5, 0.6) is 0 Å². The lowest BCUT2D eigenvalue weighted by molar-refractivity contribution is -0.139. The van der Waals surface area contributed by atoms with Gasteiger partial charge in [-0.2, -0.15) is 0 Å². The van der Waals surface area contributed by atoms with E-state index in [9.17, 15) is 9.59 Å². The number of hydrogen-bond acceptors (Lipinski definition) is 3. The van der Waals surface area contributed by atoms with Crippen molar-refractivity contribution in [3.8, 4) is 0 Å². The Morgan fingerprint density at radius 1 is 1.41 bits per heavy atom. The first-order valence-electron chi connectivity index (χ1n) is 6.00. The van der Waals surface area contributed by atoms with Gasteiger partial charge in [0.2, 0.25) is 0 Å². The van der Waals surface area contributed by atoms with Crippen molar-refractivity contribution in [1.82, 2.24) is 5.32 Å². The predicted octanol–water partition coefficient (Wildman–Crippen LogP) is 2.15. The summed E-state index contributed by atoms with van der Waals surface area (Å²) in [6, 6.07) is -0.842. The minimum Gasteiger partial charge on any atom is -0.480 e. The number of carboxylic acids is 1. The van der Waals surface area contributed by atoms with E-state index in [1.165, 1.54) is 12.8 Å². The third kappa shape index (κ3) is 6.14. The van der Waals surface area contributed by atoms with Gasteiger partial charge in [0.05, 0.1) is 0 Å². The molecule has 1 amide bonds. The smallest absolute Gasteiger partial charge is 0.408 e. The first kappa shape index (κ1) is 13.8. The summed E-state index contributed by atoms with van der Waals surface area (Å²) in [6.45, 7) is 5.23. The van der Waals surface area contributed by atoms with Crippen LogP contribution in [0.3, 0.4) is 0 Å². The average molecular weight is 243 g/mol. The predicted molar refractivity (Wildman–Crippen MR) is 62.8 cm³/mol. The quantitative estimate of drug-likeness (QED) is 0.775. The van der Waals surface area contributed by atoms with Crippen LogP contribution in [0.25, 0.3) is 0 Å². The highest BCUT2D eigenvalue weighted by Crippen LogP contribution is 2.33. The van der Waals surface area contributed by atoms with Gasteiger partial charge in [-0.1, -0.05) is 12.8 Å². The minimum atomic E-state index is -1.00. The van der Waals surface area contributed by atoms with E-state index < -0.39 is 23.7 Å². The lowest BCUT2D eigenvalue weighted by Crippen LogP contribution is -2.43. The van der Waals surface area contributed by atoms with Crippen molar-refractivity contribution < 1.29 is 19.4 Å². The number of carboxylic acid groups (broad SMARTS) is 1. The molecule has 2 N–H and O–H groups in total. The molecule has 0 spiro atoms. The highest BCUT2D eigenvalue weighted by Gasteiger charge is 2.27. The molecule has 0 heterocycles. The van der Waals surface area contributed by atoms with Crippen molar-refractivity contribution in [2.45, 2.75) is 58.1 Å². The molecule has 98 valence electrons. The van der Waals surface area contributed by atoms with E-state index in [1.54, 1.807) is 20.8 Å². The molecule has 17 heavy (non-hydrogen) atoms. The molecule has 0 saturated heterocycles. The number of carbonyl (C=O) groups is 2. The average Bonchev–Trinajstić information content (AvgIpc) is 2.91. The summed E-state index contributed by atoms with van der Waals surface area (Å²) in [6.07, 6.45) is 3.02. The Bertz CT molecular complexity index is 291. The molecule has 1 fully saturated rings. The van der Waals surface area contributed by atoms with Crippen LogP contribution in [-0.4, -0.2) is 28.8 Å². The van der Waals surface area contributed by atoms with Crippen molar-refractivity contribution in [2.75, 3.05) is 0 Å². The number of amides is 1. The van der Waals surface area contributed by atoms with Gasteiger partial charge >= 0.3 is 12.1 Å². The second-order valence-corrected chi connectivity index (χ2v) is 5.56. The Hall–Kier alpha value is -1.26. The molecular formula is C12H21NO4. The van der Waals surface area contributed by atoms with Crippen LogP contribution in [0.1, 0.15) is 46.5 Å². The number of rotatable bonds is 5. The molecule has 5 nitrogen and oxygen atoms in total. The fourth-order valence-corrected chi connectivity index (χ4v) is 1.52. The van der Waals surface area contributed by atoms with E-state index in [-0.39, 0.29) is 0 Å². The van der Waals surface area contributed by atoms with E-state index in [1.807, 2.05) is 0 Å². The number of aliphatic carboxylic acids is 1. The Morgan fingerprint density at radius 3 is 2.41 bits per heavy atom. The van der Waals surface area contributed by atoms with E-state index in [0.29, 0.717) is 12.3 Å². The molecule has 5 heteroatoms. The second-order valence-electron chi connectivity index (χ2n) is 5.56. The van der Waals surface area contributed by atoms with Crippen LogP contribution in [0.2, 0.25) is 0 Å². The molecular weight excluding hydrogens is 222 g/mol. The Morgan fingerprint density at radius 2 is 2.00 bits per heavy atom. The van der Waals surface area contributed by atoms with Gasteiger partial charge in [-0.3, -0.25) is 0 Å². The second kappa shape index (κ2) is 5.38. The lowest BCUT2D eigenvalue weighted by Gasteiger charge is -2.21. The summed E-state index contributed by atoms with van der Waals surface area (Å²) in [5.41, 5.74) is -0.608. The number of alkyl carbamates (subject to hydrolysis) is 1. The molecule has 1 aliphatic carbocycles. The maximum absolute atomic E-state index is 11.4. The number of ether oxygens (including phenoxy) is 1. The number of hydrogen-bond donors (Lipinski definition) is 2. The summed E-state index contributed by atoms with van der Waals surface area (Å²) in [5.74, 6) is -0.353. The van der Waals surface area contributed by atoms with Gasteiger partial charge in [-0.25, -0.2) is 9.59 Å². The maximum atomic E-state index is 11.4. The highest BCUT2D eigenvalue weighted by atomic mass is 16.6. The largest absolute Gasteiger partial charge is 0.480 e. The zero-order valence-electron chi connectivity index (χ0n) is 10.7. The molecule has 1 rings (SSSR count). The van der Waals surface area contributed by atoms with E-state index in [4.69, 9.17) is 9.84 Å². The van der Waals surface area contributed by atoms with Gasteiger partial charge in [0.15, 0.2) is 0 Å². The maximum Gasteiger partial charge on any atom is 0.408 e. The zero-order chi connectivity index (χ0) is 13.1. The first-order valence-corrected chi connectivity index (χ1v) is 6.00. The summed E-state index contributed by atoms with van der Waals surface area (Å²) < 4.78 is 5.03. The molecule has 0 aromatic heterocycles. The van der Waals surface area contributed by atoms with Crippen molar-refractivity contribution in [3.05, 3.63) is 0 Å². The Kier molecular flexibility index (Phi) is 4.37. The molecule has 0 bridgehead atoms. The molecule has 0 aromatic rings. The van der Waals surface area contributed by atoms with Crippen molar-refractivity contribution >= 4 is 12.1 Å². The number of nitrogens with one attached hydrogen (secondary N) is 1. The summed E-state index contributed by atoms with van der Waals surface area (Å²) in [4.78, 5) is 22.4. The minimum absolute atomic E-state index is 0.471. The van der Waals surface area contributed by atoms with Gasteiger partial charge in [-0.05, 0) is 39.5 Å². The molecule has 1 aliphatic rings. The molecule has 0 radical (unpaired) electrons. The standard InChI is InChI=1S/C12H21NO4/c1-12(2,3)17-11(16)13-9(10(14)15)7-6-8-4-5-8/h8-9H,4-7H2,1-3H3,(H,13,16)(H,14,15)/t9-/m0/s1. The number of carbonyl (C=O) groups excluding carboxylic acids is 1. The van der Waals surface area contributed by atoms with Crippen LogP contribution in [0, 0.1) is 5.92 Å². The van der Waals surface area contributed by atoms with Crippen LogP contribution in [0.15, 0.2) is 0 Å². The first-order chi connectivity index (χ1) is 7.78. The van der Waals surface area contributed by atoms with Crippen molar-refractivity contribution in [2.24, 2.45) is 5.92 Å². The van der Waals surface area contributed by atoms with Gasteiger partial charge in [0.25, 0.3) is 0 Å². The van der Waals surface area contributed by atoms with Crippen molar-refractivity contribution in [3.63, 3.8) is 0 Å². The van der Waals surface area contributed by atoms with Crippen LogP contribution in [-0.2, 0) is 9.53 Å². The fraction of sp³-hybridized carbons (Fsp3) is 0.833. The Balaban J connectivity index is 2.36. The molecule has 0 aromatic carbocycles. The molecule has 0 aliphatic heterocycles. The summed E-state index contributed by atoms with van der Waals surface area (Å²) >= 11 is 0. The van der Waals surface area contributed by atoms with Crippen LogP contribution < -0.4 is 5.32 Å². The van der Waals surface area contributed by atoms with Crippen LogP contribution >= 0.6 is 0 Å². The molecule has 1 atom stereocenters. The van der Waals surface area contributed by atoms with E-state index in [2.05, 4.69) is 5.32 Å². The van der Waals surface area contributed by atoms with Gasteiger partial charge in [0, 0.05) is 0 Å². The fourth-order valence-electron chi connectivity index (χ4n) is 1.52.